The van der Waals surface area contributed by atoms with Gasteiger partial charge in [-0.05, 0) is 25.7 Å². The molecule has 0 spiro atoms. The van der Waals surface area contributed by atoms with E-state index in [0.29, 0.717) is 0 Å². The van der Waals surface area contributed by atoms with Crippen LogP contribution in [0.15, 0.2) is 24.3 Å². The predicted molar refractivity (Wildman–Crippen MR) is 48.5 cm³/mol. The minimum Gasteiger partial charge on any atom is -0.533 e. The normalized spacial score (nSPS) is 15.1. The molecule has 0 unspecified atom stereocenters. The summed E-state index contributed by atoms with van der Waals surface area (Å²) in [4.78, 5) is 8.58. The molecule has 0 aliphatic heterocycles. The zero-order valence-corrected chi connectivity index (χ0v) is 9.65. The van der Waals surface area contributed by atoms with Crippen LogP contribution in [0.4, 0.5) is 13.2 Å². The van der Waals surface area contributed by atoms with Crippen LogP contribution in [-0.4, -0.2) is 12.5 Å². The van der Waals surface area contributed by atoms with Crippen molar-refractivity contribution >= 4 is 6.29 Å². The van der Waals surface area contributed by atoms with Crippen LogP contribution in [-0.2, 0) is 24.3 Å². The average Bonchev–Trinajstić information content (AvgIpc) is 2.02. The third-order valence-electron chi connectivity index (χ3n) is 1.49. The van der Waals surface area contributed by atoms with Crippen molar-refractivity contribution in [3.05, 3.63) is 24.3 Å². The average molecular weight is 308 g/mol. The molecule has 1 aliphatic carbocycles. The molecule has 0 aromatic rings. The van der Waals surface area contributed by atoms with Gasteiger partial charge in [0, 0.05) is 19.5 Å². The second kappa shape index (κ2) is 10.1. The molecule has 0 saturated carbocycles. The van der Waals surface area contributed by atoms with Gasteiger partial charge in [-0.2, -0.15) is 6.29 Å². The molecule has 1 aliphatic rings. The largest absolute Gasteiger partial charge is 0.533 e. The van der Waals surface area contributed by atoms with Gasteiger partial charge in [0.2, 0.25) is 0 Å². The molecule has 0 N–H and O–H groups in total. The van der Waals surface area contributed by atoms with E-state index >= 15 is 0 Å². The van der Waals surface area contributed by atoms with Crippen molar-refractivity contribution in [1.29, 1.82) is 0 Å². The van der Waals surface area contributed by atoms with Gasteiger partial charge in [-0.15, -0.1) is 0 Å². The molecule has 15 heavy (non-hydrogen) atoms. The van der Waals surface area contributed by atoms with Crippen molar-refractivity contribution in [3.8, 4) is 0 Å². The molecule has 1 nitrogen and oxygen atoms in total. The zero-order chi connectivity index (χ0) is 10.9. The first-order valence-corrected chi connectivity index (χ1v) is 4.34. The van der Waals surface area contributed by atoms with Gasteiger partial charge in [0.05, 0.1) is 0 Å². The second-order valence-electron chi connectivity index (χ2n) is 2.74. The van der Waals surface area contributed by atoms with Crippen LogP contribution in [0.1, 0.15) is 25.7 Å². The molecule has 0 atom stereocenters. The number of hydrogen-bond donors (Lipinski definition) is 0. The Morgan fingerprint density at radius 2 is 1.33 bits per heavy atom. The number of allylic oxidation sites excluding steroid dienone is 4. The van der Waals surface area contributed by atoms with Crippen LogP contribution in [0, 0.1) is 0 Å². The third-order valence-corrected chi connectivity index (χ3v) is 1.49. The molecule has 0 heterocycles. The molecule has 0 aromatic heterocycles. The number of rotatable bonds is 0. The van der Waals surface area contributed by atoms with Crippen LogP contribution in [0.2, 0.25) is 0 Å². The van der Waals surface area contributed by atoms with Crippen LogP contribution in [0.25, 0.3) is 0 Å². The molecule has 89 valence electrons. The monoisotopic (exact) mass is 308 g/mol. The third kappa shape index (κ3) is 16.3. The molecule has 0 saturated heterocycles. The molecule has 1 radical (unpaired) electrons. The maximum absolute atomic E-state index is 10.4. The van der Waals surface area contributed by atoms with Gasteiger partial charge in [0.25, 0.3) is 6.18 Å². The fourth-order valence-electron chi connectivity index (χ4n) is 0.874. The molecule has 0 bridgehead atoms. The zero-order valence-electron chi connectivity index (χ0n) is 8.01. The molecule has 5 heteroatoms. The van der Waals surface area contributed by atoms with Crippen LogP contribution in [0.5, 0.6) is 0 Å². The summed E-state index contributed by atoms with van der Waals surface area (Å²) in [5.74, 6) is 0. The first-order chi connectivity index (χ1) is 6.56. The summed E-state index contributed by atoms with van der Waals surface area (Å²) in [6.45, 7) is 0. The fraction of sp³-hybridized carbons (Fsp3) is 0.500. The van der Waals surface area contributed by atoms with Crippen molar-refractivity contribution in [3.63, 3.8) is 0 Å². The smallest absolute Gasteiger partial charge is 0.298 e. The van der Waals surface area contributed by atoms with E-state index in [-0.39, 0.29) is 25.8 Å². The Morgan fingerprint density at radius 1 is 1.00 bits per heavy atom. The van der Waals surface area contributed by atoms with E-state index in [2.05, 4.69) is 24.3 Å². The molecular formula is C10H12F3ORh-. The quantitative estimate of drug-likeness (QED) is 0.495. The van der Waals surface area contributed by atoms with Crippen molar-refractivity contribution in [2.45, 2.75) is 31.9 Å². The Labute approximate surface area is 100 Å². The minimum atomic E-state index is -4.76. The van der Waals surface area contributed by atoms with Crippen molar-refractivity contribution in [2.24, 2.45) is 0 Å². The minimum absolute atomic E-state index is 0. The van der Waals surface area contributed by atoms with Crippen LogP contribution in [0.3, 0.4) is 0 Å². The Morgan fingerprint density at radius 3 is 1.60 bits per heavy atom. The Hall–Kier alpha value is -0.437. The number of halogens is 3. The molecule has 0 aromatic carbocycles. The van der Waals surface area contributed by atoms with E-state index in [0.717, 1.165) is 0 Å². The number of hydrogen-bond acceptors (Lipinski definition) is 1. The molecule has 0 amide bonds. The number of carbonyl (C=O) groups excluding carboxylic acids is 1. The SMILES string of the molecule is C1=CCCCCC=C1.O=[C-]C(F)(F)F.[Rh]. The van der Waals surface area contributed by atoms with E-state index < -0.39 is 6.18 Å². The Kier molecular flexibility index (Phi) is 11.4. The Balaban J connectivity index is 0. The summed E-state index contributed by atoms with van der Waals surface area (Å²) in [5, 5.41) is 0. The maximum atomic E-state index is 10.4. The van der Waals surface area contributed by atoms with Crippen LogP contribution < -0.4 is 0 Å². The first-order valence-electron chi connectivity index (χ1n) is 4.34. The van der Waals surface area contributed by atoms with E-state index in [1.807, 2.05) is 0 Å². The summed E-state index contributed by atoms with van der Waals surface area (Å²) in [5.41, 5.74) is 0. The predicted octanol–water partition coefficient (Wildman–Crippen LogP) is 3.33. The van der Waals surface area contributed by atoms with Gasteiger partial charge >= 0.3 is 0 Å². The number of alkyl halides is 3. The molecule has 1 rings (SSSR count). The summed E-state index contributed by atoms with van der Waals surface area (Å²) in [7, 11) is 0. The summed E-state index contributed by atoms with van der Waals surface area (Å²) in [6, 6.07) is 0. The topological polar surface area (TPSA) is 17.1 Å². The molecular weight excluding hydrogens is 296 g/mol. The summed E-state index contributed by atoms with van der Waals surface area (Å²) >= 11 is 0. The van der Waals surface area contributed by atoms with Gasteiger partial charge in [0.15, 0.2) is 0 Å². The van der Waals surface area contributed by atoms with E-state index in [9.17, 15) is 13.2 Å². The van der Waals surface area contributed by atoms with Gasteiger partial charge in [-0.1, -0.05) is 24.3 Å². The maximum Gasteiger partial charge on any atom is 0.298 e. The van der Waals surface area contributed by atoms with Gasteiger partial charge in [-0.25, -0.2) is 13.2 Å². The Bertz CT molecular complexity index is 195. The van der Waals surface area contributed by atoms with E-state index in [4.69, 9.17) is 4.79 Å². The molecule has 0 fully saturated rings. The van der Waals surface area contributed by atoms with E-state index in [1.54, 1.807) is 0 Å². The van der Waals surface area contributed by atoms with Crippen molar-refractivity contribution in [2.75, 3.05) is 0 Å². The fourth-order valence-corrected chi connectivity index (χ4v) is 0.874. The van der Waals surface area contributed by atoms with Crippen molar-refractivity contribution < 1.29 is 37.4 Å². The summed E-state index contributed by atoms with van der Waals surface area (Å²) < 4.78 is 31.1. The first kappa shape index (κ1) is 17.0. The summed E-state index contributed by atoms with van der Waals surface area (Å²) in [6.07, 6.45) is 9.09. The van der Waals surface area contributed by atoms with E-state index in [1.165, 1.54) is 25.7 Å². The van der Waals surface area contributed by atoms with Gasteiger partial charge < -0.3 is 4.79 Å². The van der Waals surface area contributed by atoms with Gasteiger partial charge in [0.1, 0.15) is 0 Å². The standard InChI is InChI=1S/C8H12.C2F3O.Rh/c1-2-4-6-8-7-5-3-1;3-2(4,5)1-6;/h1-4H,5-8H2;;/q;-1;. The van der Waals surface area contributed by atoms with Crippen molar-refractivity contribution in [1.82, 2.24) is 0 Å². The second-order valence-corrected chi connectivity index (χ2v) is 2.74. The van der Waals surface area contributed by atoms with Gasteiger partial charge in [-0.3, -0.25) is 0 Å². The van der Waals surface area contributed by atoms with Crippen LogP contribution >= 0.6 is 0 Å².